The Morgan fingerprint density at radius 1 is 1.15 bits per heavy atom. The van der Waals surface area contributed by atoms with E-state index in [-0.39, 0.29) is 30.2 Å². The number of hydrogen-bond acceptors (Lipinski definition) is 4. The van der Waals surface area contributed by atoms with Crippen LogP contribution in [-0.4, -0.2) is 62.6 Å². The standard InChI is InChI=1S/C25H27F2N5O2/c1-30(24(33)19-4-3-10-28-16-19)23(14-18-5-6-20(26)15-21(18)27)17-8-12-32(13-9-17)25(34)22-7-11-29-31(22)2/h3-7,10-11,15-17,23H,8-9,12-14H2,1-2H3. The molecule has 1 saturated heterocycles. The van der Waals surface area contributed by atoms with Gasteiger partial charge in [-0.2, -0.15) is 5.10 Å². The molecule has 0 N–H and O–H groups in total. The van der Waals surface area contributed by atoms with Crippen LogP contribution in [-0.2, 0) is 13.5 Å². The number of halogens is 2. The van der Waals surface area contributed by atoms with Crippen molar-refractivity contribution >= 4 is 11.8 Å². The zero-order chi connectivity index (χ0) is 24.2. The van der Waals surface area contributed by atoms with Gasteiger partial charge >= 0.3 is 0 Å². The molecule has 4 rings (SSSR count). The fraction of sp³-hybridized carbons (Fsp3) is 0.360. The number of rotatable bonds is 6. The summed E-state index contributed by atoms with van der Waals surface area (Å²) < 4.78 is 29.5. The number of likely N-dealkylation sites (N-methyl/N-ethyl adjacent to an activating group) is 1. The molecule has 0 aliphatic carbocycles. The number of likely N-dealkylation sites (tertiary alicyclic amines) is 1. The SMILES string of the molecule is CN(C(=O)c1cccnc1)C(Cc1ccc(F)cc1F)C1CCN(C(=O)c2ccnn2C)CC1. The van der Waals surface area contributed by atoms with Crippen molar-refractivity contribution < 1.29 is 18.4 Å². The first kappa shape index (κ1) is 23.5. The number of benzene rings is 1. The van der Waals surface area contributed by atoms with Crippen LogP contribution in [0.4, 0.5) is 8.78 Å². The van der Waals surface area contributed by atoms with E-state index in [9.17, 15) is 18.4 Å². The maximum atomic E-state index is 14.5. The molecule has 0 spiro atoms. The molecule has 34 heavy (non-hydrogen) atoms. The Morgan fingerprint density at radius 2 is 1.91 bits per heavy atom. The van der Waals surface area contributed by atoms with E-state index < -0.39 is 11.6 Å². The van der Waals surface area contributed by atoms with Crippen LogP contribution in [0.2, 0.25) is 0 Å². The molecule has 1 aliphatic rings. The Balaban J connectivity index is 1.53. The monoisotopic (exact) mass is 467 g/mol. The molecule has 1 unspecified atom stereocenters. The van der Waals surface area contributed by atoms with Gasteiger partial charge in [-0.3, -0.25) is 19.3 Å². The van der Waals surface area contributed by atoms with Crippen molar-refractivity contribution in [2.75, 3.05) is 20.1 Å². The molecule has 178 valence electrons. The third-order valence-corrected chi connectivity index (χ3v) is 6.58. The molecule has 2 amide bonds. The number of carbonyl (C=O) groups is 2. The van der Waals surface area contributed by atoms with Crippen molar-refractivity contribution in [1.29, 1.82) is 0 Å². The zero-order valence-corrected chi connectivity index (χ0v) is 19.2. The van der Waals surface area contributed by atoms with Crippen LogP contribution in [0.1, 0.15) is 39.3 Å². The van der Waals surface area contributed by atoms with E-state index in [1.807, 2.05) is 0 Å². The Hall–Kier alpha value is -3.62. The van der Waals surface area contributed by atoms with E-state index >= 15 is 0 Å². The molecule has 1 atom stereocenters. The lowest BCUT2D eigenvalue weighted by Crippen LogP contribution is -2.48. The van der Waals surface area contributed by atoms with E-state index in [1.54, 1.807) is 59.2 Å². The van der Waals surface area contributed by atoms with Crippen molar-refractivity contribution in [2.24, 2.45) is 13.0 Å². The van der Waals surface area contributed by atoms with E-state index in [0.29, 0.717) is 42.8 Å². The van der Waals surface area contributed by atoms with E-state index in [4.69, 9.17) is 0 Å². The molecule has 3 heterocycles. The molecule has 2 aromatic heterocycles. The van der Waals surface area contributed by atoms with Gasteiger partial charge in [-0.25, -0.2) is 8.78 Å². The van der Waals surface area contributed by atoms with Crippen molar-refractivity contribution in [3.8, 4) is 0 Å². The first-order chi connectivity index (χ1) is 16.3. The first-order valence-corrected chi connectivity index (χ1v) is 11.2. The number of aryl methyl sites for hydroxylation is 1. The predicted molar refractivity (Wildman–Crippen MR) is 122 cm³/mol. The van der Waals surface area contributed by atoms with Crippen LogP contribution in [0.5, 0.6) is 0 Å². The Morgan fingerprint density at radius 3 is 2.53 bits per heavy atom. The topological polar surface area (TPSA) is 71.3 Å². The minimum Gasteiger partial charge on any atom is -0.338 e. The Labute approximate surface area is 197 Å². The van der Waals surface area contributed by atoms with Gasteiger partial charge in [0, 0.05) is 57.9 Å². The molecule has 1 aromatic carbocycles. The number of amides is 2. The Bertz CT molecular complexity index is 1160. The molecule has 0 saturated carbocycles. The lowest BCUT2D eigenvalue weighted by atomic mass is 9.84. The third-order valence-electron chi connectivity index (χ3n) is 6.58. The van der Waals surface area contributed by atoms with Gasteiger partial charge in [0.15, 0.2) is 0 Å². The normalized spacial score (nSPS) is 15.2. The lowest BCUT2D eigenvalue weighted by molar-refractivity contribution is 0.0516. The van der Waals surface area contributed by atoms with E-state index in [0.717, 1.165) is 6.07 Å². The third kappa shape index (κ3) is 4.98. The van der Waals surface area contributed by atoms with Gasteiger partial charge in [0.05, 0.1) is 5.56 Å². The van der Waals surface area contributed by atoms with Crippen LogP contribution >= 0.6 is 0 Å². The van der Waals surface area contributed by atoms with Gasteiger partial charge < -0.3 is 9.80 Å². The van der Waals surface area contributed by atoms with Gasteiger partial charge in [-0.05, 0) is 55.0 Å². The molecule has 1 fully saturated rings. The van der Waals surface area contributed by atoms with E-state index in [2.05, 4.69) is 10.1 Å². The summed E-state index contributed by atoms with van der Waals surface area (Å²) >= 11 is 0. The molecule has 1 aliphatic heterocycles. The number of piperidine rings is 1. The van der Waals surface area contributed by atoms with Gasteiger partial charge in [0.25, 0.3) is 11.8 Å². The smallest absolute Gasteiger partial charge is 0.272 e. The minimum atomic E-state index is -0.639. The van der Waals surface area contributed by atoms with Crippen molar-refractivity contribution in [3.05, 3.63) is 83.4 Å². The predicted octanol–water partition coefficient (Wildman–Crippen LogP) is 3.33. The summed E-state index contributed by atoms with van der Waals surface area (Å²) in [4.78, 5) is 33.5. The first-order valence-electron chi connectivity index (χ1n) is 11.2. The zero-order valence-electron chi connectivity index (χ0n) is 19.2. The van der Waals surface area contributed by atoms with Crippen molar-refractivity contribution in [2.45, 2.75) is 25.3 Å². The number of pyridine rings is 1. The highest BCUT2D eigenvalue weighted by molar-refractivity contribution is 5.94. The number of carbonyl (C=O) groups excluding carboxylic acids is 2. The van der Waals surface area contributed by atoms with Gasteiger partial charge in [-0.15, -0.1) is 0 Å². The molecular weight excluding hydrogens is 440 g/mol. The molecule has 9 heteroatoms. The van der Waals surface area contributed by atoms with Gasteiger partial charge in [-0.1, -0.05) is 6.07 Å². The second-order valence-electron chi connectivity index (χ2n) is 8.63. The average molecular weight is 468 g/mol. The highest BCUT2D eigenvalue weighted by Crippen LogP contribution is 2.29. The van der Waals surface area contributed by atoms with Crippen LogP contribution in [0.15, 0.2) is 55.0 Å². The number of nitrogens with zero attached hydrogens (tertiary/aromatic N) is 5. The highest BCUT2D eigenvalue weighted by Gasteiger charge is 2.34. The lowest BCUT2D eigenvalue weighted by Gasteiger charge is -2.40. The van der Waals surface area contributed by atoms with Crippen molar-refractivity contribution in [1.82, 2.24) is 24.6 Å². The second kappa shape index (κ2) is 10.1. The quantitative estimate of drug-likeness (QED) is 0.558. The van der Waals surface area contributed by atoms with Gasteiger partial charge in [0.1, 0.15) is 17.3 Å². The molecule has 0 radical (unpaired) electrons. The Kier molecular flexibility index (Phi) is 7.00. The minimum absolute atomic E-state index is 0.0330. The molecule has 7 nitrogen and oxygen atoms in total. The van der Waals surface area contributed by atoms with E-state index in [1.165, 1.54) is 18.3 Å². The fourth-order valence-electron chi connectivity index (χ4n) is 4.61. The van der Waals surface area contributed by atoms with Crippen molar-refractivity contribution in [3.63, 3.8) is 0 Å². The largest absolute Gasteiger partial charge is 0.338 e. The van der Waals surface area contributed by atoms with Gasteiger partial charge in [0.2, 0.25) is 0 Å². The number of aromatic nitrogens is 3. The molecule has 3 aromatic rings. The summed E-state index contributed by atoms with van der Waals surface area (Å²) in [7, 11) is 3.43. The second-order valence-corrected chi connectivity index (χ2v) is 8.63. The number of hydrogen-bond donors (Lipinski definition) is 0. The summed E-state index contributed by atoms with van der Waals surface area (Å²) in [5.41, 5.74) is 1.32. The maximum Gasteiger partial charge on any atom is 0.272 e. The molecular formula is C25H27F2N5O2. The maximum absolute atomic E-state index is 14.5. The summed E-state index contributed by atoms with van der Waals surface area (Å²) in [5.74, 6) is -1.53. The van der Waals surface area contributed by atoms with Crippen LogP contribution in [0.3, 0.4) is 0 Å². The van der Waals surface area contributed by atoms with Crippen LogP contribution < -0.4 is 0 Å². The summed E-state index contributed by atoms with van der Waals surface area (Å²) in [6, 6.07) is 8.27. The molecule has 0 bridgehead atoms. The average Bonchev–Trinajstić information content (AvgIpc) is 3.28. The summed E-state index contributed by atoms with van der Waals surface area (Å²) in [5, 5.41) is 4.07. The summed E-state index contributed by atoms with van der Waals surface area (Å²) in [6.45, 7) is 1.04. The summed E-state index contributed by atoms with van der Waals surface area (Å²) in [6.07, 6.45) is 6.24. The highest BCUT2D eigenvalue weighted by atomic mass is 19.1. The van der Waals surface area contributed by atoms with Crippen LogP contribution in [0, 0.1) is 17.6 Å². The van der Waals surface area contributed by atoms with Crippen LogP contribution in [0.25, 0.3) is 0 Å². The fourth-order valence-corrected chi connectivity index (χ4v) is 4.61.